The third kappa shape index (κ3) is 22.4. The minimum absolute atomic E-state index is 0. The van der Waals surface area contributed by atoms with Crippen LogP contribution in [0.2, 0.25) is 0 Å². The molecule has 0 aromatic heterocycles. The van der Waals surface area contributed by atoms with E-state index in [2.05, 4.69) is 41.5 Å². The van der Waals surface area contributed by atoms with Crippen LogP contribution in [0.15, 0.2) is 0 Å². The van der Waals surface area contributed by atoms with Crippen molar-refractivity contribution in [2.24, 2.45) is 11.8 Å². The van der Waals surface area contributed by atoms with E-state index >= 15 is 0 Å². The third-order valence-electron chi connectivity index (χ3n) is 3.09. The molecule has 0 aromatic rings. The average molecular weight is 274 g/mol. The van der Waals surface area contributed by atoms with Gasteiger partial charge in [-0.1, -0.05) is 79.1 Å². The Morgan fingerprint density at radius 2 is 1.00 bits per heavy atom. The Bertz CT molecular complexity index is 98.1. The van der Waals surface area contributed by atoms with Gasteiger partial charge in [-0.2, -0.15) is 11.8 Å². The molecule has 0 bridgehead atoms. The van der Waals surface area contributed by atoms with Gasteiger partial charge in [0.1, 0.15) is 0 Å². The molecule has 0 heterocycles. The first-order chi connectivity index (χ1) is 7.62. The van der Waals surface area contributed by atoms with E-state index < -0.39 is 0 Å². The second-order valence-corrected chi connectivity index (χ2v) is 4.83. The molecule has 0 aromatic carbocycles. The standard InChI is InChI=1S/2C8H17.Ti/c2*1-4-6-7-8(3)5-2;/h2*8H,3-7H2,1-2H3;/q2*-1;+2. The van der Waals surface area contributed by atoms with Crippen molar-refractivity contribution in [2.75, 3.05) is 0 Å². The van der Waals surface area contributed by atoms with E-state index in [1.165, 1.54) is 51.4 Å². The molecule has 0 fully saturated rings. The summed E-state index contributed by atoms with van der Waals surface area (Å²) in [4.78, 5) is 0. The first-order valence-corrected chi connectivity index (χ1v) is 7.28. The van der Waals surface area contributed by atoms with Crippen LogP contribution in [-0.2, 0) is 21.7 Å². The zero-order valence-corrected chi connectivity index (χ0v) is 14.3. The summed E-state index contributed by atoms with van der Waals surface area (Å²) in [6, 6.07) is 0. The van der Waals surface area contributed by atoms with Crippen molar-refractivity contribution in [3.63, 3.8) is 0 Å². The molecule has 2 unspecified atom stereocenters. The number of unbranched alkanes of at least 4 members (excludes halogenated alkanes) is 2. The molecule has 0 saturated heterocycles. The molecule has 0 nitrogen and oxygen atoms in total. The van der Waals surface area contributed by atoms with Crippen molar-refractivity contribution in [1.29, 1.82) is 0 Å². The SMILES string of the molecule is [CH2-]C(CC)CCCC.[CH2-]C(CC)CCCC.[Ti+2]. The van der Waals surface area contributed by atoms with Crippen LogP contribution < -0.4 is 0 Å². The van der Waals surface area contributed by atoms with Gasteiger partial charge < -0.3 is 13.8 Å². The summed E-state index contributed by atoms with van der Waals surface area (Å²) in [6.45, 7) is 16.8. The van der Waals surface area contributed by atoms with Crippen molar-refractivity contribution in [2.45, 2.75) is 79.1 Å². The van der Waals surface area contributed by atoms with Crippen LogP contribution in [0.1, 0.15) is 79.1 Å². The van der Waals surface area contributed by atoms with E-state index in [0.717, 1.165) is 0 Å². The van der Waals surface area contributed by atoms with Crippen LogP contribution in [0.25, 0.3) is 0 Å². The Kier molecular flexibility index (Phi) is 25.6. The predicted octanol–water partition coefficient (Wildman–Crippen LogP) is 6.07. The molecule has 102 valence electrons. The molecular weight excluding hydrogens is 240 g/mol. The smallest absolute Gasteiger partial charge is 0.340 e. The van der Waals surface area contributed by atoms with Gasteiger partial charge in [0.05, 0.1) is 0 Å². The summed E-state index contributed by atoms with van der Waals surface area (Å²) in [6.07, 6.45) is 10.4. The zero-order valence-electron chi connectivity index (χ0n) is 12.7. The molecule has 2 atom stereocenters. The molecule has 0 aliphatic heterocycles. The van der Waals surface area contributed by atoms with Gasteiger partial charge in [-0.25, -0.2) is 0 Å². The summed E-state index contributed by atoms with van der Waals surface area (Å²) in [5.74, 6) is 1.41. The Morgan fingerprint density at radius 3 is 1.18 bits per heavy atom. The minimum Gasteiger partial charge on any atom is -0.340 e. The molecule has 0 radical (unpaired) electrons. The van der Waals surface area contributed by atoms with E-state index in [4.69, 9.17) is 0 Å². The van der Waals surface area contributed by atoms with Crippen molar-refractivity contribution in [3.05, 3.63) is 13.8 Å². The molecule has 17 heavy (non-hydrogen) atoms. The molecule has 0 rings (SSSR count). The van der Waals surface area contributed by atoms with Gasteiger partial charge in [0.2, 0.25) is 0 Å². The second kappa shape index (κ2) is 19.1. The van der Waals surface area contributed by atoms with E-state index in [1.807, 2.05) is 0 Å². The fraction of sp³-hybridized carbons (Fsp3) is 0.875. The monoisotopic (exact) mass is 274 g/mol. The van der Waals surface area contributed by atoms with E-state index in [0.29, 0.717) is 11.8 Å². The van der Waals surface area contributed by atoms with E-state index in [-0.39, 0.29) is 21.7 Å². The van der Waals surface area contributed by atoms with Crippen molar-refractivity contribution >= 4 is 0 Å². The first kappa shape index (κ1) is 22.9. The van der Waals surface area contributed by atoms with Gasteiger partial charge in [-0.15, -0.1) is 0 Å². The molecule has 1 heteroatoms. The topological polar surface area (TPSA) is 0 Å². The summed E-state index contributed by atoms with van der Waals surface area (Å²) >= 11 is 0. The fourth-order valence-electron chi connectivity index (χ4n) is 1.39. The van der Waals surface area contributed by atoms with Crippen LogP contribution in [0.5, 0.6) is 0 Å². The number of rotatable bonds is 8. The average Bonchev–Trinajstić information content (AvgIpc) is 2.33. The quantitative estimate of drug-likeness (QED) is 0.372. The van der Waals surface area contributed by atoms with Gasteiger partial charge in [-0.05, 0) is 0 Å². The number of hydrogen-bond donors (Lipinski definition) is 0. The molecule has 0 N–H and O–H groups in total. The Morgan fingerprint density at radius 1 is 0.706 bits per heavy atom. The van der Waals surface area contributed by atoms with Crippen LogP contribution in [0, 0.1) is 25.7 Å². The normalized spacial score (nSPS) is 13.1. The van der Waals surface area contributed by atoms with Crippen LogP contribution in [-0.4, -0.2) is 0 Å². The van der Waals surface area contributed by atoms with Gasteiger partial charge in [0.15, 0.2) is 0 Å². The summed E-state index contributed by atoms with van der Waals surface area (Å²) in [5.41, 5.74) is 0. The largest absolute Gasteiger partial charge is 2.00 e. The fourth-order valence-corrected chi connectivity index (χ4v) is 1.39. The number of hydrogen-bond acceptors (Lipinski definition) is 0. The van der Waals surface area contributed by atoms with Crippen LogP contribution >= 0.6 is 0 Å². The predicted molar refractivity (Wildman–Crippen MR) is 77.3 cm³/mol. The van der Waals surface area contributed by atoms with Crippen molar-refractivity contribution < 1.29 is 21.7 Å². The van der Waals surface area contributed by atoms with Gasteiger partial charge in [0.25, 0.3) is 0 Å². The van der Waals surface area contributed by atoms with E-state index in [9.17, 15) is 0 Å². The molecule has 0 aliphatic rings. The maximum Gasteiger partial charge on any atom is 2.00 e. The Hall–Kier alpha value is 0.714. The minimum atomic E-state index is 0. The van der Waals surface area contributed by atoms with Crippen molar-refractivity contribution in [3.8, 4) is 0 Å². The Balaban J connectivity index is -0.000000218. The van der Waals surface area contributed by atoms with Crippen LogP contribution in [0.3, 0.4) is 0 Å². The second-order valence-electron chi connectivity index (χ2n) is 4.83. The maximum atomic E-state index is 3.99. The molecule has 0 aliphatic carbocycles. The Labute approximate surface area is 126 Å². The van der Waals surface area contributed by atoms with E-state index in [1.54, 1.807) is 0 Å². The molecule has 0 saturated carbocycles. The van der Waals surface area contributed by atoms with Gasteiger partial charge in [-0.3, -0.25) is 0 Å². The van der Waals surface area contributed by atoms with Crippen molar-refractivity contribution in [1.82, 2.24) is 0 Å². The summed E-state index contributed by atoms with van der Waals surface area (Å²) in [7, 11) is 0. The van der Waals surface area contributed by atoms with Crippen LogP contribution in [0.4, 0.5) is 0 Å². The maximum absolute atomic E-state index is 3.99. The molecular formula is C16H34Ti. The van der Waals surface area contributed by atoms with Gasteiger partial charge >= 0.3 is 21.7 Å². The zero-order chi connectivity index (χ0) is 12.8. The summed E-state index contributed by atoms with van der Waals surface area (Å²) in [5, 5.41) is 0. The molecule has 0 amide bonds. The van der Waals surface area contributed by atoms with Gasteiger partial charge in [0, 0.05) is 0 Å². The molecule has 0 spiro atoms. The first-order valence-electron chi connectivity index (χ1n) is 7.28. The third-order valence-corrected chi connectivity index (χ3v) is 3.09. The summed E-state index contributed by atoms with van der Waals surface area (Å²) < 4.78 is 0.